The van der Waals surface area contributed by atoms with Crippen LogP contribution in [0, 0.1) is 0 Å². The molecular formula is C47H30N2S. The molecule has 7 aromatic carbocycles. The second-order valence-electron chi connectivity index (χ2n) is 12.9. The summed E-state index contributed by atoms with van der Waals surface area (Å²) in [5.74, 6) is 0.734. The van der Waals surface area contributed by atoms with E-state index in [0.29, 0.717) is 0 Å². The second-order valence-corrected chi connectivity index (χ2v) is 14.0. The summed E-state index contributed by atoms with van der Waals surface area (Å²) in [6.07, 6.45) is 0.973. The summed E-state index contributed by atoms with van der Waals surface area (Å²) in [6.45, 7) is 0. The summed E-state index contributed by atoms with van der Waals surface area (Å²) in [6, 6.07) is 61.0. The first-order chi connectivity index (χ1) is 24.8. The number of hydrogen-bond acceptors (Lipinski definition) is 3. The minimum atomic E-state index is 0.734. The SMILES string of the molecule is c1ccc(-c2cc(-c3ccc(-c4cccc5c4Cc4ccccc4-5)cc3)cc(-c3nc(-c4ccccc4)c4c(n3)sc3ccccc34)c2)cc1. The van der Waals surface area contributed by atoms with E-state index in [4.69, 9.17) is 9.97 Å². The standard InChI is InChI=1S/C47H30N2S/c1-3-12-30(13-4-1)35-26-36(31-22-24-32(25-23-31)38-19-11-20-40-39-17-8-7-16-34(39)29-42(38)40)28-37(27-35)46-48-45(33-14-5-2-6-15-33)44-41-18-9-10-21-43(41)50-47(44)49-46/h1-28H,29H2. The topological polar surface area (TPSA) is 25.8 Å². The van der Waals surface area contributed by atoms with Gasteiger partial charge in [0.2, 0.25) is 0 Å². The van der Waals surface area contributed by atoms with Crippen LogP contribution in [0.3, 0.4) is 0 Å². The van der Waals surface area contributed by atoms with Crippen molar-refractivity contribution in [3.63, 3.8) is 0 Å². The number of benzene rings is 7. The highest BCUT2D eigenvalue weighted by Gasteiger charge is 2.21. The van der Waals surface area contributed by atoms with Crippen LogP contribution >= 0.6 is 11.3 Å². The molecule has 0 radical (unpaired) electrons. The summed E-state index contributed by atoms with van der Waals surface area (Å²) in [7, 11) is 0. The molecule has 234 valence electrons. The Bertz CT molecular complexity index is 2710. The summed E-state index contributed by atoms with van der Waals surface area (Å²) in [4.78, 5) is 11.6. The van der Waals surface area contributed by atoms with Crippen LogP contribution in [0.25, 0.3) is 87.5 Å². The Kier molecular flexibility index (Phi) is 6.78. The number of nitrogens with zero attached hydrogens (tertiary/aromatic N) is 2. The first-order valence-corrected chi connectivity index (χ1v) is 17.8. The Morgan fingerprint density at radius 1 is 0.420 bits per heavy atom. The number of hydrogen-bond donors (Lipinski definition) is 0. The molecule has 2 nitrogen and oxygen atoms in total. The van der Waals surface area contributed by atoms with Crippen molar-refractivity contribution >= 4 is 31.6 Å². The fourth-order valence-electron chi connectivity index (χ4n) is 7.55. The van der Waals surface area contributed by atoms with Crippen LogP contribution in [-0.2, 0) is 6.42 Å². The van der Waals surface area contributed by atoms with Gasteiger partial charge in [-0.3, -0.25) is 0 Å². The zero-order valence-corrected chi connectivity index (χ0v) is 28.0. The van der Waals surface area contributed by atoms with E-state index in [1.54, 1.807) is 11.3 Å². The Hall–Kier alpha value is -6.16. The smallest absolute Gasteiger partial charge is 0.161 e. The second kappa shape index (κ2) is 11.8. The van der Waals surface area contributed by atoms with E-state index in [-0.39, 0.29) is 0 Å². The Balaban J connectivity index is 1.12. The van der Waals surface area contributed by atoms with Gasteiger partial charge < -0.3 is 0 Å². The van der Waals surface area contributed by atoms with E-state index in [9.17, 15) is 0 Å². The third kappa shape index (κ3) is 4.86. The number of thiophene rings is 1. The monoisotopic (exact) mass is 654 g/mol. The molecule has 0 atom stereocenters. The minimum Gasteiger partial charge on any atom is -0.227 e. The Labute approximate surface area is 295 Å². The molecule has 0 fully saturated rings. The molecule has 1 aliphatic carbocycles. The molecule has 0 saturated carbocycles. The third-order valence-electron chi connectivity index (χ3n) is 9.96. The molecule has 0 bridgehead atoms. The molecule has 0 spiro atoms. The van der Waals surface area contributed by atoms with E-state index in [2.05, 4.69) is 170 Å². The summed E-state index contributed by atoms with van der Waals surface area (Å²) in [5.41, 5.74) is 15.8. The van der Waals surface area contributed by atoms with E-state index >= 15 is 0 Å². The molecule has 50 heavy (non-hydrogen) atoms. The zero-order valence-electron chi connectivity index (χ0n) is 27.2. The zero-order chi connectivity index (χ0) is 33.0. The normalized spacial score (nSPS) is 11.9. The van der Waals surface area contributed by atoms with Gasteiger partial charge in [-0.15, -0.1) is 11.3 Å². The van der Waals surface area contributed by atoms with Crippen LogP contribution in [0.15, 0.2) is 170 Å². The molecular weight excluding hydrogens is 625 g/mol. The molecule has 0 aliphatic heterocycles. The summed E-state index contributed by atoms with van der Waals surface area (Å²) < 4.78 is 1.22. The highest BCUT2D eigenvalue weighted by molar-refractivity contribution is 7.25. The van der Waals surface area contributed by atoms with Crippen LogP contribution in [0.4, 0.5) is 0 Å². The molecule has 0 unspecified atom stereocenters. The van der Waals surface area contributed by atoms with Gasteiger partial charge in [0.15, 0.2) is 5.82 Å². The summed E-state index contributed by atoms with van der Waals surface area (Å²) >= 11 is 1.73. The van der Waals surface area contributed by atoms with Gasteiger partial charge in [-0.05, 0) is 86.3 Å². The van der Waals surface area contributed by atoms with Gasteiger partial charge in [-0.25, -0.2) is 9.97 Å². The van der Waals surface area contributed by atoms with E-state index in [1.165, 1.54) is 43.5 Å². The van der Waals surface area contributed by atoms with Gasteiger partial charge in [0.1, 0.15) is 4.83 Å². The van der Waals surface area contributed by atoms with E-state index in [0.717, 1.165) is 61.5 Å². The maximum Gasteiger partial charge on any atom is 0.161 e. The average molecular weight is 655 g/mol. The van der Waals surface area contributed by atoms with Crippen molar-refractivity contribution in [3.05, 3.63) is 181 Å². The quantitative estimate of drug-likeness (QED) is 0.185. The number of aromatic nitrogens is 2. The molecule has 2 aromatic heterocycles. The molecule has 0 N–H and O–H groups in total. The third-order valence-corrected chi connectivity index (χ3v) is 11.0. The Morgan fingerprint density at radius 2 is 1.02 bits per heavy atom. The van der Waals surface area contributed by atoms with Crippen LogP contribution in [0.1, 0.15) is 11.1 Å². The van der Waals surface area contributed by atoms with Gasteiger partial charge in [0, 0.05) is 26.6 Å². The van der Waals surface area contributed by atoms with Crippen molar-refractivity contribution in [2.75, 3.05) is 0 Å². The van der Waals surface area contributed by atoms with Crippen molar-refractivity contribution in [1.29, 1.82) is 0 Å². The predicted octanol–water partition coefficient (Wildman–Crippen LogP) is 12.8. The van der Waals surface area contributed by atoms with Crippen LogP contribution in [0.5, 0.6) is 0 Å². The lowest BCUT2D eigenvalue weighted by atomic mass is 9.92. The van der Waals surface area contributed by atoms with E-state index in [1.807, 2.05) is 0 Å². The maximum atomic E-state index is 5.33. The highest BCUT2D eigenvalue weighted by Crippen LogP contribution is 2.43. The molecule has 10 rings (SSSR count). The first-order valence-electron chi connectivity index (χ1n) is 17.0. The van der Waals surface area contributed by atoms with Crippen molar-refractivity contribution < 1.29 is 0 Å². The molecule has 1 aliphatic rings. The average Bonchev–Trinajstić information content (AvgIpc) is 3.77. The fourth-order valence-corrected chi connectivity index (χ4v) is 8.62. The van der Waals surface area contributed by atoms with Gasteiger partial charge in [0.05, 0.1) is 5.69 Å². The van der Waals surface area contributed by atoms with Gasteiger partial charge in [-0.2, -0.15) is 0 Å². The lowest BCUT2D eigenvalue weighted by Crippen LogP contribution is -1.95. The van der Waals surface area contributed by atoms with Crippen LogP contribution in [-0.4, -0.2) is 9.97 Å². The summed E-state index contributed by atoms with van der Waals surface area (Å²) in [5, 5.41) is 2.32. The van der Waals surface area contributed by atoms with Crippen LogP contribution < -0.4 is 0 Å². The molecule has 9 aromatic rings. The van der Waals surface area contributed by atoms with Gasteiger partial charge in [0.25, 0.3) is 0 Å². The lowest BCUT2D eigenvalue weighted by molar-refractivity contribution is 1.24. The fraction of sp³-hybridized carbons (Fsp3) is 0.0213. The van der Waals surface area contributed by atoms with Crippen LogP contribution in [0.2, 0.25) is 0 Å². The predicted molar refractivity (Wildman–Crippen MR) is 210 cm³/mol. The molecule has 0 amide bonds. The molecule has 2 heterocycles. The van der Waals surface area contributed by atoms with Crippen molar-refractivity contribution in [3.8, 4) is 67.2 Å². The van der Waals surface area contributed by atoms with Crippen molar-refractivity contribution in [1.82, 2.24) is 9.97 Å². The minimum absolute atomic E-state index is 0.734. The number of rotatable bonds is 5. The first kappa shape index (κ1) is 28.8. The maximum absolute atomic E-state index is 5.33. The Morgan fingerprint density at radius 3 is 1.82 bits per heavy atom. The molecule has 0 saturated heterocycles. The van der Waals surface area contributed by atoms with Gasteiger partial charge in [-0.1, -0.05) is 146 Å². The van der Waals surface area contributed by atoms with Crippen molar-refractivity contribution in [2.24, 2.45) is 0 Å². The molecule has 3 heteroatoms. The van der Waals surface area contributed by atoms with E-state index < -0.39 is 0 Å². The van der Waals surface area contributed by atoms with Gasteiger partial charge >= 0.3 is 0 Å². The lowest BCUT2D eigenvalue weighted by Gasteiger charge is -2.13. The van der Waals surface area contributed by atoms with Crippen molar-refractivity contribution in [2.45, 2.75) is 6.42 Å². The largest absolute Gasteiger partial charge is 0.227 e. The number of fused-ring (bicyclic) bond motifs is 6. The highest BCUT2D eigenvalue weighted by atomic mass is 32.1.